The van der Waals surface area contributed by atoms with E-state index in [1.807, 2.05) is 30.6 Å². The Balaban J connectivity index is 0.869. The smallest absolute Gasteiger partial charge is 0.471 e. The third-order valence-corrected chi connectivity index (χ3v) is 10.4. The molecule has 1 amide bonds. The van der Waals surface area contributed by atoms with E-state index in [0.29, 0.717) is 23.1 Å². The average Bonchev–Trinajstić information content (AvgIpc) is 3.40. The SMILES string of the molecule is CC1c2c([nH]c3nnc(-c4ccccc4O)cc23)CCN1c1ncc(N2CCC(CN3CC4(C3)CN(C(=O)C(F)(F)F)C4)CC2)cn1. The number of aromatic hydroxyl groups is 1. The van der Waals surface area contributed by atoms with Crippen LogP contribution in [0.5, 0.6) is 5.75 Å². The number of fused-ring (bicyclic) bond motifs is 3. The number of amides is 1. The fraction of sp³-hybridized carbons (Fsp3) is 0.485. The Labute approximate surface area is 269 Å². The molecule has 4 aromatic rings. The molecule has 2 N–H and O–H groups in total. The van der Waals surface area contributed by atoms with Crippen molar-refractivity contribution in [2.75, 3.05) is 62.2 Å². The second-order valence-electron chi connectivity index (χ2n) is 13.6. The largest absolute Gasteiger partial charge is 0.507 e. The van der Waals surface area contributed by atoms with Crippen molar-refractivity contribution in [3.8, 4) is 17.0 Å². The number of H-pyrrole nitrogens is 1. The lowest BCUT2D eigenvalue weighted by Crippen LogP contribution is -2.74. The van der Waals surface area contributed by atoms with E-state index in [1.54, 1.807) is 12.1 Å². The number of para-hydroxylation sites is 1. The Bertz CT molecular complexity index is 1810. The first-order chi connectivity index (χ1) is 22.6. The van der Waals surface area contributed by atoms with Crippen molar-refractivity contribution in [2.24, 2.45) is 11.3 Å². The number of aromatic nitrogens is 5. The van der Waals surface area contributed by atoms with Crippen molar-refractivity contribution >= 4 is 28.6 Å². The standard InChI is InChI=1S/C33H36F3N9O2/c1-20-28-24-12-26(23-4-2-3-5-27(23)46)40-41-29(24)39-25(28)8-11-45(20)31-37-13-22(14-38-31)43-9-6-21(7-10-43)15-42-16-32(17-42)18-44(19-32)30(47)33(34,35)36/h2-5,12-14,20-21,46H,6-11,15-19H2,1H3,(H,39,41). The molecular formula is C33H36F3N9O2. The number of piperidine rings is 1. The Morgan fingerprint density at radius 3 is 2.47 bits per heavy atom. The number of carbonyl (C=O) groups is 1. The monoisotopic (exact) mass is 647 g/mol. The normalized spacial score (nSPS) is 21.5. The van der Waals surface area contributed by atoms with Crippen LogP contribution < -0.4 is 9.80 Å². The number of nitrogens with one attached hydrogen (secondary N) is 1. The van der Waals surface area contributed by atoms with Gasteiger partial charge in [0.2, 0.25) is 5.95 Å². The van der Waals surface area contributed by atoms with E-state index in [9.17, 15) is 23.1 Å². The summed E-state index contributed by atoms with van der Waals surface area (Å²) in [5, 5.41) is 20.1. The van der Waals surface area contributed by atoms with E-state index in [-0.39, 0.29) is 30.3 Å². The van der Waals surface area contributed by atoms with E-state index in [4.69, 9.17) is 9.97 Å². The van der Waals surface area contributed by atoms with Crippen LogP contribution in [0.15, 0.2) is 42.7 Å². The minimum absolute atomic E-state index is 0.00398. The summed E-state index contributed by atoms with van der Waals surface area (Å²) >= 11 is 0. The maximum absolute atomic E-state index is 12.7. The van der Waals surface area contributed by atoms with Crippen LogP contribution >= 0.6 is 0 Å². The predicted molar refractivity (Wildman–Crippen MR) is 169 cm³/mol. The Kier molecular flexibility index (Phi) is 7.04. The van der Waals surface area contributed by atoms with Gasteiger partial charge in [-0.15, -0.1) is 10.2 Å². The van der Waals surface area contributed by atoms with Gasteiger partial charge < -0.3 is 29.7 Å². The molecule has 246 valence electrons. The minimum Gasteiger partial charge on any atom is -0.507 e. The number of aromatic amines is 1. The number of anilines is 2. The minimum atomic E-state index is -4.78. The van der Waals surface area contributed by atoms with Crippen LogP contribution in [-0.2, 0) is 11.2 Å². The Morgan fingerprint density at radius 1 is 1.04 bits per heavy atom. The van der Waals surface area contributed by atoms with Crippen molar-refractivity contribution in [1.82, 2.24) is 34.9 Å². The highest BCUT2D eigenvalue weighted by Gasteiger charge is 2.57. The topological polar surface area (TPSA) is 118 Å². The molecule has 7 heterocycles. The van der Waals surface area contributed by atoms with Crippen LogP contribution in [0.2, 0.25) is 0 Å². The first-order valence-corrected chi connectivity index (χ1v) is 16.2. The molecule has 1 unspecified atom stereocenters. The van der Waals surface area contributed by atoms with Gasteiger partial charge in [-0.05, 0) is 43.9 Å². The van der Waals surface area contributed by atoms with Crippen molar-refractivity contribution in [3.05, 3.63) is 54.0 Å². The van der Waals surface area contributed by atoms with E-state index < -0.39 is 12.1 Å². The molecule has 1 atom stereocenters. The third kappa shape index (κ3) is 5.31. The van der Waals surface area contributed by atoms with Crippen molar-refractivity contribution < 1.29 is 23.1 Å². The number of hydrogen-bond donors (Lipinski definition) is 2. The summed E-state index contributed by atoms with van der Waals surface area (Å²) in [6, 6.07) is 9.12. The fourth-order valence-corrected chi connectivity index (χ4v) is 8.10. The van der Waals surface area contributed by atoms with Crippen LogP contribution in [-0.4, -0.2) is 104 Å². The Morgan fingerprint density at radius 2 is 1.77 bits per heavy atom. The molecule has 1 aromatic carbocycles. The molecule has 0 bridgehead atoms. The number of halogens is 3. The molecule has 8 rings (SSSR count). The molecule has 14 heteroatoms. The van der Waals surface area contributed by atoms with Gasteiger partial charge in [0.15, 0.2) is 5.65 Å². The van der Waals surface area contributed by atoms with Crippen LogP contribution in [0.3, 0.4) is 0 Å². The third-order valence-electron chi connectivity index (χ3n) is 10.4. The Hall–Kier alpha value is -4.46. The number of nitrogens with zero attached hydrogens (tertiary/aromatic N) is 8. The van der Waals surface area contributed by atoms with Crippen LogP contribution in [0, 0.1) is 11.3 Å². The summed E-state index contributed by atoms with van der Waals surface area (Å²) < 4.78 is 38.0. The second kappa shape index (κ2) is 11.1. The summed E-state index contributed by atoms with van der Waals surface area (Å²) in [7, 11) is 0. The average molecular weight is 648 g/mol. The van der Waals surface area contributed by atoms with Crippen molar-refractivity contribution in [2.45, 2.75) is 38.4 Å². The summed E-state index contributed by atoms with van der Waals surface area (Å²) in [6.45, 7) is 7.62. The van der Waals surface area contributed by atoms with Crippen LogP contribution in [0.4, 0.5) is 24.8 Å². The fourth-order valence-electron chi connectivity index (χ4n) is 8.10. The van der Waals surface area contributed by atoms with E-state index in [1.165, 1.54) is 0 Å². The molecule has 4 aliphatic rings. The summed E-state index contributed by atoms with van der Waals surface area (Å²) in [5.41, 5.74) is 5.11. The van der Waals surface area contributed by atoms with E-state index >= 15 is 0 Å². The highest BCUT2D eigenvalue weighted by Crippen LogP contribution is 2.42. The van der Waals surface area contributed by atoms with Gasteiger partial charge in [0.1, 0.15) is 5.75 Å². The van der Waals surface area contributed by atoms with Gasteiger partial charge in [-0.2, -0.15) is 13.2 Å². The number of rotatable bonds is 5. The maximum atomic E-state index is 12.7. The first kappa shape index (κ1) is 29.9. The highest BCUT2D eigenvalue weighted by atomic mass is 19.4. The van der Waals surface area contributed by atoms with E-state index in [0.717, 1.165) is 91.4 Å². The molecule has 3 fully saturated rings. The van der Waals surface area contributed by atoms with E-state index in [2.05, 4.69) is 36.8 Å². The van der Waals surface area contributed by atoms with Crippen molar-refractivity contribution in [3.63, 3.8) is 0 Å². The molecule has 3 aromatic heterocycles. The predicted octanol–water partition coefficient (Wildman–Crippen LogP) is 4.17. The molecule has 0 aliphatic carbocycles. The van der Waals surface area contributed by atoms with Gasteiger partial charge >= 0.3 is 12.1 Å². The summed E-state index contributed by atoms with van der Waals surface area (Å²) in [6.07, 6.45) is 1.89. The van der Waals surface area contributed by atoms with Gasteiger partial charge in [-0.3, -0.25) is 4.79 Å². The maximum Gasteiger partial charge on any atom is 0.471 e. The number of carbonyl (C=O) groups excluding carboxylic acids is 1. The molecule has 4 aliphatic heterocycles. The van der Waals surface area contributed by atoms with Gasteiger partial charge in [0.25, 0.3) is 0 Å². The number of benzene rings is 1. The summed E-state index contributed by atoms with van der Waals surface area (Å²) in [5.74, 6) is -0.335. The number of phenols is 1. The molecule has 0 radical (unpaired) electrons. The lowest BCUT2D eigenvalue weighted by atomic mass is 9.72. The van der Waals surface area contributed by atoms with Gasteiger partial charge in [-0.25, -0.2) is 9.97 Å². The molecule has 47 heavy (non-hydrogen) atoms. The lowest BCUT2D eigenvalue weighted by Gasteiger charge is -2.60. The number of phenolic OH excluding ortho intramolecular Hbond substituents is 1. The van der Waals surface area contributed by atoms with Gasteiger partial charge in [-0.1, -0.05) is 12.1 Å². The van der Waals surface area contributed by atoms with Crippen molar-refractivity contribution in [1.29, 1.82) is 0 Å². The summed E-state index contributed by atoms with van der Waals surface area (Å²) in [4.78, 5) is 32.2. The highest BCUT2D eigenvalue weighted by molar-refractivity contribution is 5.86. The lowest BCUT2D eigenvalue weighted by molar-refractivity contribution is -0.205. The quantitative estimate of drug-likeness (QED) is 0.329. The molecular weight excluding hydrogens is 611 g/mol. The second-order valence-corrected chi connectivity index (χ2v) is 13.6. The van der Waals surface area contributed by atoms with Gasteiger partial charge in [0, 0.05) is 86.4 Å². The van der Waals surface area contributed by atoms with Crippen LogP contribution in [0.25, 0.3) is 22.3 Å². The van der Waals surface area contributed by atoms with Crippen LogP contribution in [0.1, 0.15) is 37.1 Å². The zero-order valence-electron chi connectivity index (χ0n) is 26.0. The molecule has 0 saturated carbocycles. The number of hydrogen-bond acceptors (Lipinski definition) is 9. The first-order valence-electron chi connectivity index (χ1n) is 16.2. The zero-order chi connectivity index (χ0) is 32.5. The molecule has 3 saturated heterocycles. The number of likely N-dealkylation sites (tertiary alicyclic amines) is 2. The molecule has 1 spiro atoms. The zero-order valence-corrected chi connectivity index (χ0v) is 26.0. The molecule has 11 nitrogen and oxygen atoms in total. The van der Waals surface area contributed by atoms with Gasteiger partial charge in [0.05, 0.1) is 29.8 Å². The number of alkyl halides is 3.